The van der Waals surface area contributed by atoms with Crippen molar-refractivity contribution in [1.29, 1.82) is 0 Å². The van der Waals surface area contributed by atoms with Crippen LogP contribution in [0.1, 0.15) is 31.4 Å². The fourth-order valence-corrected chi connectivity index (χ4v) is 2.64. The van der Waals surface area contributed by atoms with Gasteiger partial charge in [-0.3, -0.25) is 4.79 Å². The van der Waals surface area contributed by atoms with Gasteiger partial charge >= 0.3 is 0 Å². The van der Waals surface area contributed by atoms with Crippen LogP contribution in [0, 0.1) is 0 Å². The minimum atomic E-state index is -0.496. The third-order valence-electron chi connectivity index (χ3n) is 3.36. The number of rotatable bonds is 1. The molecule has 0 radical (unpaired) electrons. The number of methoxy groups -OCH3 is 1. The van der Waals surface area contributed by atoms with Gasteiger partial charge in [0.1, 0.15) is 11.5 Å². The zero-order chi connectivity index (χ0) is 11.9. The highest BCUT2D eigenvalue weighted by Crippen LogP contribution is 2.42. The summed E-state index contributed by atoms with van der Waals surface area (Å²) in [6, 6.07) is 3.67. The predicted molar refractivity (Wildman–Crippen MR) is 64.4 cm³/mol. The summed E-state index contributed by atoms with van der Waals surface area (Å²) >= 11 is 6.18. The van der Waals surface area contributed by atoms with E-state index in [0.717, 1.165) is 21.9 Å². The van der Waals surface area contributed by atoms with Crippen LogP contribution in [0.4, 0.5) is 0 Å². The Morgan fingerprint density at radius 1 is 1.31 bits per heavy atom. The average molecular weight is 239 g/mol. The Bertz CT molecular complexity index is 449. The van der Waals surface area contributed by atoms with Gasteiger partial charge in [-0.2, -0.15) is 0 Å². The van der Waals surface area contributed by atoms with E-state index in [1.807, 2.05) is 26.0 Å². The Morgan fingerprint density at radius 2 is 2.00 bits per heavy atom. The van der Waals surface area contributed by atoms with Crippen LogP contribution in [0.3, 0.4) is 0 Å². The molecular formula is C13H15ClO2. The van der Waals surface area contributed by atoms with Gasteiger partial charge in [0.05, 0.1) is 12.5 Å². The van der Waals surface area contributed by atoms with Crippen molar-refractivity contribution < 1.29 is 9.53 Å². The van der Waals surface area contributed by atoms with Crippen molar-refractivity contribution >= 4 is 17.4 Å². The highest BCUT2D eigenvalue weighted by molar-refractivity contribution is 6.31. The lowest BCUT2D eigenvalue weighted by Crippen LogP contribution is -2.35. The number of ketones is 1. The van der Waals surface area contributed by atoms with Gasteiger partial charge in [-0.1, -0.05) is 11.6 Å². The first-order valence-corrected chi connectivity index (χ1v) is 5.75. The van der Waals surface area contributed by atoms with Gasteiger partial charge in [0.2, 0.25) is 0 Å². The molecule has 3 heteroatoms. The molecule has 0 spiro atoms. The molecule has 0 atom stereocenters. The smallest absolute Gasteiger partial charge is 0.143 e. The predicted octanol–water partition coefficient (Wildman–Crippen LogP) is 3.14. The van der Waals surface area contributed by atoms with Crippen molar-refractivity contribution in [2.45, 2.75) is 32.1 Å². The first kappa shape index (κ1) is 11.5. The summed E-state index contributed by atoms with van der Waals surface area (Å²) in [5.74, 6) is 1.01. The van der Waals surface area contributed by atoms with Crippen LogP contribution >= 0.6 is 11.6 Å². The maximum Gasteiger partial charge on any atom is 0.143 e. The molecule has 1 aromatic carbocycles. The van der Waals surface area contributed by atoms with E-state index in [2.05, 4.69) is 0 Å². The zero-order valence-corrected chi connectivity index (χ0v) is 10.5. The van der Waals surface area contributed by atoms with Crippen LogP contribution in [-0.4, -0.2) is 12.9 Å². The third-order valence-corrected chi connectivity index (χ3v) is 3.72. The van der Waals surface area contributed by atoms with Crippen molar-refractivity contribution in [3.05, 3.63) is 28.3 Å². The fraction of sp³-hybridized carbons (Fsp3) is 0.462. The zero-order valence-electron chi connectivity index (χ0n) is 9.76. The van der Waals surface area contributed by atoms with Gasteiger partial charge in [0.15, 0.2) is 0 Å². The van der Waals surface area contributed by atoms with Gasteiger partial charge in [-0.25, -0.2) is 0 Å². The summed E-state index contributed by atoms with van der Waals surface area (Å²) in [4.78, 5) is 12.0. The van der Waals surface area contributed by atoms with Crippen molar-refractivity contribution in [1.82, 2.24) is 0 Å². The molecule has 0 heterocycles. The quantitative estimate of drug-likeness (QED) is 0.751. The van der Waals surface area contributed by atoms with Crippen molar-refractivity contribution in [3.63, 3.8) is 0 Å². The lowest BCUT2D eigenvalue weighted by molar-refractivity contribution is -0.124. The summed E-state index contributed by atoms with van der Waals surface area (Å²) in [5.41, 5.74) is 1.52. The van der Waals surface area contributed by atoms with Crippen LogP contribution in [0.25, 0.3) is 0 Å². The largest absolute Gasteiger partial charge is 0.496 e. The molecule has 0 unspecified atom stereocenters. The van der Waals surface area contributed by atoms with Gasteiger partial charge in [0, 0.05) is 17.0 Å². The fourth-order valence-electron chi connectivity index (χ4n) is 2.39. The Kier molecular flexibility index (Phi) is 2.70. The molecular weight excluding hydrogens is 224 g/mol. The number of benzene rings is 1. The lowest BCUT2D eigenvalue weighted by atomic mass is 9.71. The third kappa shape index (κ3) is 1.52. The van der Waals surface area contributed by atoms with E-state index in [4.69, 9.17) is 16.3 Å². The molecule has 2 nitrogen and oxygen atoms in total. The van der Waals surface area contributed by atoms with E-state index in [1.54, 1.807) is 7.11 Å². The van der Waals surface area contributed by atoms with Crippen molar-refractivity contribution in [3.8, 4) is 5.75 Å². The molecule has 0 saturated heterocycles. The van der Waals surface area contributed by atoms with Gasteiger partial charge in [-0.15, -0.1) is 0 Å². The summed E-state index contributed by atoms with van der Waals surface area (Å²) in [7, 11) is 1.62. The molecule has 2 rings (SSSR count). The van der Waals surface area contributed by atoms with Crippen molar-refractivity contribution in [2.24, 2.45) is 0 Å². The maximum atomic E-state index is 12.0. The second kappa shape index (κ2) is 3.77. The molecule has 16 heavy (non-hydrogen) atoms. The SMILES string of the molecule is COc1ccc(Cl)c2c1C(C)(C)C(=O)CC2. The minimum Gasteiger partial charge on any atom is -0.496 e. The number of carbonyl (C=O) groups excluding carboxylic acids is 1. The lowest BCUT2D eigenvalue weighted by Gasteiger charge is -2.32. The number of halogens is 1. The molecule has 1 aromatic rings. The van der Waals surface area contributed by atoms with E-state index >= 15 is 0 Å². The van der Waals surface area contributed by atoms with Gasteiger partial charge in [-0.05, 0) is 38.0 Å². The first-order valence-electron chi connectivity index (χ1n) is 5.37. The Balaban J connectivity index is 2.72. The topological polar surface area (TPSA) is 26.3 Å². The summed E-state index contributed by atoms with van der Waals surface area (Å²) in [5, 5.41) is 0.733. The van der Waals surface area contributed by atoms with E-state index in [-0.39, 0.29) is 5.78 Å². The molecule has 0 saturated carbocycles. The number of Topliss-reactive ketones (excluding diaryl/α,β-unsaturated/α-hetero) is 1. The van der Waals surface area contributed by atoms with E-state index in [9.17, 15) is 4.79 Å². The van der Waals surface area contributed by atoms with Crippen LogP contribution in [-0.2, 0) is 16.6 Å². The molecule has 0 N–H and O–H groups in total. The Morgan fingerprint density at radius 3 is 2.62 bits per heavy atom. The number of carbonyl (C=O) groups is 1. The Labute approximate surface area is 101 Å². The van der Waals surface area contributed by atoms with Gasteiger partial charge in [0.25, 0.3) is 0 Å². The number of fused-ring (bicyclic) bond motifs is 1. The Hall–Kier alpha value is -1.02. The van der Waals surface area contributed by atoms with E-state index in [0.29, 0.717) is 12.8 Å². The molecule has 86 valence electrons. The van der Waals surface area contributed by atoms with Crippen LogP contribution in [0.5, 0.6) is 5.75 Å². The summed E-state index contributed by atoms with van der Waals surface area (Å²) < 4.78 is 5.34. The molecule has 0 aromatic heterocycles. The van der Waals surface area contributed by atoms with E-state index < -0.39 is 5.41 Å². The summed E-state index contributed by atoms with van der Waals surface area (Å²) in [6.45, 7) is 3.87. The maximum absolute atomic E-state index is 12.0. The molecule has 1 aliphatic rings. The van der Waals surface area contributed by atoms with Crippen molar-refractivity contribution in [2.75, 3.05) is 7.11 Å². The molecule has 0 fully saturated rings. The first-order chi connectivity index (χ1) is 7.48. The second-order valence-corrected chi connectivity index (χ2v) is 5.06. The number of hydrogen-bond acceptors (Lipinski definition) is 2. The summed E-state index contributed by atoms with van der Waals surface area (Å²) in [6.07, 6.45) is 1.28. The normalized spacial score (nSPS) is 18.1. The number of hydrogen-bond donors (Lipinski definition) is 0. The molecule has 0 amide bonds. The molecule has 0 bridgehead atoms. The highest BCUT2D eigenvalue weighted by atomic mass is 35.5. The molecule has 1 aliphatic carbocycles. The monoisotopic (exact) mass is 238 g/mol. The van der Waals surface area contributed by atoms with Crippen LogP contribution in [0.2, 0.25) is 5.02 Å². The second-order valence-electron chi connectivity index (χ2n) is 4.65. The van der Waals surface area contributed by atoms with E-state index in [1.165, 1.54) is 0 Å². The number of ether oxygens (including phenoxy) is 1. The highest BCUT2D eigenvalue weighted by Gasteiger charge is 2.38. The van der Waals surface area contributed by atoms with Gasteiger partial charge < -0.3 is 4.74 Å². The molecule has 0 aliphatic heterocycles. The standard InChI is InChI=1S/C13H15ClO2/c1-13(2)11(15)7-4-8-9(14)5-6-10(16-3)12(8)13/h5-6H,4,7H2,1-3H3. The van der Waals surface area contributed by atoms with Crippen LogP contribution < -0.4 is 4.74 Å². The minimum absolute atomic E-state index is 0.251. The average Bonchev–Trinajstić information content (AvgIpc) is 2.24. The van der Waals surface area contributed by atoms with Crippen LogP contribution in [0.15, 0.2) is 12.1 Å².